The van der Waals surface area contributed by atoms with E-state index in [-0.39, 0.29) is 6.04 Å². The molecule has 0 radical (unpaired) electrons. The highest BCUT2D eigenvalue weighted by Crippen LogP contribution is 2.19. The molecule has 0 saturated heterocycles. The number of nitrogens with two attached hydrogens (primary N) is 1. The van der Waals surface area contributed by atoms with Crippen molar-refractivity contribution in [3.8, 4) is 11.5 Å². The van der Waals surface area contributed by atoms with Crippen LogP contribution in [0.5, 0.6) is 0 Å². The van der Waals surface area contributed by atoms with Gasteiger partial charge in [0, 0.05) is 18.1 Å². The Morgan fingerprint density at radius 2 is 2.43 bits per heavy atom. The Labute approximate surface area is 86.1 Å². The molecule has 3 N–H and O–H groups in total. The number of aromatic nitrogens is 3. The second-order valence-electron chi connectivity index (χ2n) is 2.83. The van der Waals surface area contributed by atoms with Crippen molar-refractivity contribution in [2.45, 2.75) is 6.04 Å². The van der Waals surface area contributed by atoms with Crippen molar-refractivity contribution >= 4 is 12.6 Å². The molecule has 0 amide bonds. The molecular weight excluding hydrogens is 200 g/mol. The SMILES string of the molecule is NC(CS)c1nnc(-c2cc[nH]c2)o1. The summed E-state index contributed by atoms with van der Waals surface area (Å²) in [5.74, 6) is 1.36. The van der Waals surface area contributed by atoms with E-state index < -0.39 is 0 Å². The van der Waals surface area contributed by atoms with Gasteiger partial charge < -0.3 is 15.1 Å². The number of nitrogens with one attached hydrogen (secondary N) is 1. The molecule has 0 bridgehead atoms. The first-order chi connectivity index (χ1) is 6.81. The van der Waals surface area contributed by atoms with Crippen LogP contribution >= 0.6 is 12.6 Å². The van der Waals surface area contributed by atoms with E-state index in [2.05, 4.69) is 27.8 Å². The summed E-state index contributed by atoms with van der Waals surface area (Å²) in [5.41, 5.74) is 6.54. The number of rotatable bonds is 3. The number of aromatic amines is 1. The lowest BCUT2D eigenvalue weighted by atomic mass is 10.3. The molecule has 0 fully saturated rings. The molecule has 2 aromatic heterocycles. The van der Waals surface area contributed by atoms with Crippen LogP contribution in [0.2, 0.25) is 0 Å². The van der Waals surface area contributed by atoms with Crippen LogP contribution in [0.25, 0.3) is 11.5 Å². The van der Waals surface area contributed by atoms with E-state index in [1.54, 1.807) is 12.4 Å². The standard InChI is InChI=1S/C8H10N4OS/c9-6(4-14)8-12-11-7(13-8)5-1-2-10-3-5/h1-3,6,10,14H,4,9H2. The Kier molecular flexibility index (Phi) is 2.55. The minimum Gasteiger partial charge on any atom is -0.419 e. The van der Waals surface area contributed by atoms with Gasteiger partial charge in [-0.2, -0.15) is 12.6 Å². The van der Waals surface area contributed by atoms with Crippen molar-refractivity contribution in [2.24, 2.45) is 5.73 Å². The Bertz CT molecular complexity index is 397. The number of H-pyrrole nitrogens is 1. The van der Waals surface area contributed by atoms with Gasteiger partial charge in [0.05, 0.1) is 11.6 Å². The fourth-order valence-electron chi connectivity index (χ4n) is 1.04. The molecule has 0 aliphatic rings. The molecule has 0 aliphatic heterocycles. The van der Waals surface area contributed by atoms with Gasteiger partial charge in [-0.3, -0.25) is 0 Å². The van der Waals surface area contributed by atoms with Crippen LogP contribution in [-0.4, -0.2) is 20.9 Å². The third kappa shape index (κ3) is 1.66. The fourth-order valence-corrected chi connectivity index (χ4v) is 1.19. The van der Waals surface area contributed by atoms with E-state index in [9.17, 15) is 0 Å². The maximum Gasteiger partial charge on any atom is 0.249 e. The van der Waals surface area contributed by atoms with E-state index in [1.807, 2.05) is 6.07 Å². The number of hydrogen-bond acceptors (Lipinski definition) is 5. The normalized spacial score (nSPS) is 13.0. The minimum atomic E-state index is -0.307. The van der Waals surface area contributed by atoms with Gasteiger partial charge in [0.15, 0.2) is 0 Å². The number of thiol groups is 1. The average molecular weight is 210 g/mol. The van der Waals surface area contributed by atoms with E-state index in [0.717, 1.165) is 5.56 Å². The lowest BCUT2D eigenvalue weighted by Crippen LogP contribution is -2.11. The summed E-state index contributed by atoms with van der Waals surface area (Å²) in [6.07, 6.45) is 3.57. The molecule has 5 nitrogen and oxygen atoms in total. The van der Waals surface area contributed by atoms with Crippen molar-refractivity contribution in [2.75, 3.05) is 5.75 Å². The topological polar surface area (TPSA) is 80.7 Å². The third-order valence-corrected chi connectivity index (χ3v) is 2.19. The smallest absolute Gasteiger partial charge is 0.249 e. The van der Waals surface area contributed by atoms with E-state index >= 15 is 0 Å². The third-order valence-electron chi connectivity index (χ3n) is 1.80. The molecule has 2 aromatic rings. The monoisotopic (exact) mass is 210 g/mol. The van der Waals surface area contributed by atoms with Gasteiger partial charge in [-0.15, -0.1) is 10.2 Å². The molecule has 1 unspecified atom stereocenters. The van der Waals surface area contributed by atoms with Crippen LogP contribution in [0, 0.1) is 0 Å². The first-order valence-corrected chi connectivity index (χ1v) is 4.77. The molecule has 6 heteroatoms. The van der Waals surface area contributed by atoms with Crippen LogP contribution in [0.3, 0.4) is 0 Å². The Hall–Kier alpha value is -1.27. The summed E-state index contributed by atoms with van der Waals surface area (Å²) in [4.78, 5) is 2.91. The predicted octanol–water partition coefficient (Wildman–Crippen LogP) is 0.994. The molecule has 0 saturated carbocycles. The summed E-state index contributed by atoms with van der Waals surface area (Å²) >= 11 is 4.05. The number of nitrogens with zero attached hydrogens (tertiary/aromatic N) is 2. The first kappa shape index (κ1) is 9.29. The van der Waals surface area contributed by atoms with Crippen LogP contribution in [0.1, 0.15) is 11.9 Å². The zero-order chi connectivity index (χ0) is 9.97. The number of hydrogen-bond donors (Lipinski definition) is 3. The molecule has 74 valence electrons. The van der Waals surface area contributed by atoms with Crippen molar-refractivity contribution in [1.29, 1.82) is 0 Å². The quantitative estimate of drug-likeness (QED) is 0.660. The van der Waals surface area contributed by atoms with Gasteiger partial charge in [-0.25, -0.2) is 0 Å². The van der Waals surface area contributed by atoms with Gasteiger partial charge in [-0.1, -0.05) is 0 Å². The minimum absolute atomic E-state index is 0.307. The molecule has 2 heterocycles. The lowest BCUT2D eigenvalue weighted by molar-refractivity contribution is 0.476. The van der Waals surface area contributed by atoms with Crippen molar-refractivity contribution in [1.82, 2.24) is 15.2 Å². The van der Waals surface area contributed by atoms with Gasteiger partial charge in [-0.05, 0) is 6.07 Å². The second-order valence-corrected chi connectivity index (χ2v) is 3.20. The van der Waals surface area contributed by atoms with Crippen LogP contribution in [0.4, 0.5) is 0 Å². The summed E-state index contributed by atoms with van der Waals surface area (Å²) < 4.78 is 5.36. The molecule has 1 atom stereocenters. The van der Waals surface area contributed by atoms with Crippen molar-refractivity contribution in [3.05, 3.63) is 24.4 Å². The first-order valence-electron chi connectivity index (χ1n) is 4.14. The fraction of sp³-hybridized carbons (Fsp3) is 0.250. The predicted molar refractivity (Wildman–Crippen MR) is 54.9 cm³/mol. The van der Waals surface area contributed by atoms with Gasteiger partial charge in [0.25, 0.3) is 0 Å². The van der Waals surface area contributed by atoms with E-state index in [0.29, 0.717) is 17.5 Å². The van der Waals surface area contributed by atoms with Crippen molar-refractivity contribution in [3.63, 3.8) is 0 Å². The maximum atomic E-state index is 5.68. The maximum absolute atomic E-state index is 5.68. The van der Waals surface area contributed by atoms with Crippen LogP contribution < -0.4 is 5.73 Å². The molecular formula is C8H10N4OS. The lowest BCUT2D eigenvalue weighted by Gasteiger charge is -1.99. The zero-order valence-electron chi connectivity index (χ0n) is 7.34. The van der Waals surface area contributed by atoms with Gasteiger partial charge in [0.1, 0.15) is 0 Å². The average Bonchev–Trinajstić information content (AvgIpc) is 2.86. The van der Waals surface area contributed by atoms with Crippen LogP contribution in [0.15, 0.2) is 22.9 Å². The van der Waals surface area contributed by atoms with Gasteiger partial charge in [0.2, 0.25) is 11.8 Å². The van der Waals surface area contributed by atoms with E-state index in [4.69, 9.17) is 10.2 Å². The Morgan fingerprint density at radius 1 is 1.57 bits per heavy atom. The molecule has 0 spiro atoms. The van der Waals surface area contributed by atoms with Crippen LogP contribution in [-0.2, 0) is 0 Å². The zero-order valence-corrected chi connectivity index (χ0v) is 8.24. The molecule has 0 aromatic carbocycles. The summed E-state index contributed by atoms with van der Waals surface area (Å²) in [7, 11) is 0. The van der Waals surface area contributed by atoms with Gasteiger partial charge >= 0.3 is 0 Å². The Balaban J connectivity index is 2.26. The van der Waals surface area contributed by atoms with E-state index in [1.165, 1.54) is 0 Å². The molecule has 0 aliphatic carbocycles. The Morgan fingerprint density at radius 3 is 3.07 bits per heavy atom. The summed E-state index contributed by atoms with van der Waals surface area (Å²) in [5, 5.41) is 7.72. The molecule has 14 heavy (non-hydrogen) atoms. The largest absolute Gasteiger partial charge is 0.419 e. The van der Waals surface area contributed by atoms with Crippen molar-refractivity contribution < 1.29 is 4.42 Å². The summed E-state index contributed by atoms with van der Waals surface area (Å²) in [6.45, 7) is 0. The second kappa shape index (κ2) is 3.85. The molecule has 2 rings (SSSR count). The highest BCUT2D eigenvalue weighted by atomic mass is 32.1. The summed E-state index contributed by atoms with van der Waals surface area (Å²) in [6, 6.07) is 1.54. The highest BCUT2D eigenvalue weighted by molar-refractivity contribution is 7.80. The highest BCUT2D eigenvalue weighted by Gasteiger charge is 2.13.